The summed E-state index contributed by atoms with van der Waals surface area (Å²) >= 11 is 0. The first-order valence-electron chi connectivity index (χ1n) is 11.8. The highest BCUT2D eigenvalue weighted by atomic mass is 16.7. The molecule has 2 aromatic carbocycles. The molecule has 0 unspecified atom stereocenters. The molecule has 0 bridgehead atoms. The van der Waals surface area contributed by atoms with Gasteiger partial charge in [0.2, 0.25) is 6.79 Å². The summed E-state index contributed by atoms with van der Waals surface area (Å²) in [6.45, 7) is 9.23. The molecule has 4 heterocycles. The summed E-state index contributed by atoms with van der Waals surface area (Å²) in [5, 5.41) is 4.33. The van der Waals surface area contributed by atoms with Crippen LogP contribution in [0.5, 0.6) is 11.5 Å². The van der Waals surface area contributed by atoms with Gasteiger partial charge in [-0.25, -0.2) is 9.97 Å². The van der Waals surface area contributed by atoms with Gasteiger partial charge in [0.25, 0.3) is 0 Å². The van der Waals surface area contributed by atoms with E-state index < -0.39 is 0 Å². The predicted octanol–water partition coefficient (Wildman–Crippen LogP) is 4.23. The Bertz CT molecular complexity index is 1290. The summed E-state index contributed by atoms with van der Waals surface area (Å²) in [7, 11) is 0. The van der Waals surface area contributed by atoms with Crippen molar-refractivity contribution in [2.45, 2.75) is 13.5 Å². The number of nitrogens with zero attached hydrogens (tertiary/aromatic N) is 4. The van der Waals surface area contributed by atoms with E-state index in [0.29, 0.717) is 0 Å². The van der Waals surface area contributed by atoms with Crippen LogP contribution in [0.3, 0.4) is 0 Å². The molecule has 174 valence electrons. The molecule has 1 fully saturated rings. The summed E-state index contributed by atoms with van der Waals surface area (Å²) in [5.41, 5.74) is 5.18. The predicted molar refractivity (Wildman–Crippen MR) is 133 cm³/mol. The van der Waals surface area contributed by atoms with E-state index in [2.05, 4.69) is 67.3 Å². The Morgan fingerprint density at radius 1 is 0.912 bits per heavy atom. The van der Waals surface area contributed by atoms with Gasteiger partial charge in [-0.3, -0.25) is 4.90 Å². The van der Waals surface area contributed by atoms with Crippen molar-refractivity contribution in [1.29, 1.82) is 0 Å². The zero-order valence-electron chi connectivity index (χ0n) is 19.3. The van der Waals surface area contributed by atoms with Gasteiger partial charge in [0.15, 0.2) is 11.5 Å². The maximum Gasteiger partial charge on any atom is 0.231 e. The second-order valence-electron chi connectivity index (χ2n) is 8.77. The third-order valence-corrected chi connectivity index (χ3v) is 6.64. The Balaban J connectivity index is 1.19. The molecule has 2 N–H and O–H groups in total. The van der Waals surface area contributed by atoms with E-state index in [4.69, 9.17) is 9.47 Å². The summed E-state index contributed by atoms with van der Waals surface area (Å²) in [6, 6.07) is 16.7. The minimum atomic E-state index is 0.256. The number of H-pyrrole nitrogens is 1. The molecular formula is C26H28N6O2. The summed E-state index contributed by atoms with van der Waals surface area (Å²) in [4.78, 5) is 17.4. The van der Waals surface area contributed by atoms with E-state index in [-0.39, 0.29) is 6.79 Å². The molecule has 0 amide bonds. The molecule has 0 aliphatic carbocycles. The lowest BCUT2D eigenvalue weighted by molar-refractivity contribution is 0.132. The Kier molecular flexibility index (Phi) is 5.52. The third kappa shape index (κ3) is 4.18. The minimum Gasteiger partial charge on any atom is -0.454 e. The van der Waals surface area contributed by atoms with Crippen molar-refractivity contribution in [3.05, 3.63) is 60.4 Å². The Hall–Kier alpha value is -3.62. The van der Waals surface area contributed by atoms with Crippen LogP contribution in [0.15, 0.2) is 54.9 Å². The highest BCUT2D eigenvalue weighted by Crippen LogP contribution is 2.36. The molecule has 2 aliphatic rings. The van der Waals surface area contributed by atoms with Crippen LogP contribution in [0.2, 0.25) is 0 Å². The number of benzene rings is 2. The number of rotatable bonds is 6. The van der Waals surface area contributed by atoms with Crippen LogP contribution in [0.1, 0.15) is 12.5 Å². The SMILES string of the molecule is CCN1CCN(Cc2ccc(-c3cc4c(Nc5ccc6c(c5)OCO6)ncnc4[nH]3)cc2)CC1. The molecule has 0 spiro atoms. The van der Waals surface area contributed by atoms with E-state index in [1.165, 1.54) is 5.56 Å². The van der Waals surface area contributed by atoms with Crippen molar-refractivity contribution in [1.82, 2.24) is 24.8 Å². The van der Waals surface area contributed by atoms with E-state index in [1.807, 2.05) is 18.2 Å². The number of aromatic nitrogens is 3. The van der Waals surface area contributed by atoms with Crippen LogP contribution < -0.4 is 14.8 Å². The van der Waals surface area contributed by atoms with Gasteiger partial charge in [0.05, 0.1) is 5.39 Å². The number of piperazine rings is 1. The molecule has 1 saturated heterocycles. The van der Waals surface area contributed by atoms with Crippen LogP contribution in [0.4, 0.5) is 11.5 Å². The number of anilines is 2. The number of hydrogen-bond acceptors (Lipinski definition) is 7. The monoisotopic (exact) mass is 456 g/mol. The molecule has 6 rings (SSSR count). The normalized spacial score (nSPS) is 16.3. The Labute approximate surface area is 198 Å². The number of likely N-dealkylation sites (N-methyl/N-ethyl adjacent to an activating group) is 1. The van der Waals surface area contributed by atoms with Gasteiger partial charge in [-0.15, -0.1) is 0 Å². The number of fused-ring (bicyclic) bond motifs is 2. The van der Waals surface area contributed by atoms with Gasteiger partial charge in [-0.2, -0.15) is 0 Å². The smallest absolute Gasteiger partial charge is 0.231 e. The topological polar surface area (TPSA) is 78.5 Å². The van der Waals surface area contributed by atoms with Crippen LogP contribution in [-0.2, 0) is 6.54 Å². The molecule has 2 aliphatic heterocycles. The summed E-state index contributed by atoms with van der Waals surface area (Å²) in [5.74, 6) is 2.24. The van der Waals surface area contributed by atoms with E-state index in [9.17, 15) is 0 Å². The van der Waals surface area contributed by atoms with Crippen LogP contribution >= 0.6 is 0 Å². The Morgan fingerprint density at radius 3 is 2.53 bits per heavy atom. The molecule has 2 aromatic heterocycles. The quantitative estimate of drug-likeness (QED) is 0.449. The first-order chi connectivity index (χ1) is 16.7. The third-order valence-electron chi connectivity index (χ3n) is 6.64. The van der Waals surface area contributed by atoms with E-state index >= 15 is 0 Å². The van der Waals surface area contributed by atoms with E-state index in [0.717, 1.165) is 84.6 Å². The number of ether oxygens (including phenoxy) is 2. The summed E-state index contributed by atoms with van der Waals surface area (Å²) in [6.07, 6.45) is 1.57. The van der Waals surface area contributed by atoms with Crippen molar-refractivity contribution in [3.8, 4) is 22.8 Å². The number of hydrogen-bond donors (Lipinski definition) is 2. The van der Waals surface area contributed by atoms with Gasteiger partial charge in [0.1, 0.15) is 17.8 Å². The second-order valence-corrected chi connectivity index (χ2v) is 8.77. The number of aromatic amines is 1. The van der Waals surface area contributed by atoms with Crippen LogP contribution in [-0.4, -0.2) is 64.3 Å². The zero-order chi connectivity index (χ0) is 22.9. The maximum absolute atomic E-state index is 5.49. The molecule has 0 atom stereocenters. The first-order valence-corrected chi connectivity index (χ1v) is 11.8. The van der Waals surface area contributed by atoms with Crippen molar-refractivity contribution >= 4 is 22.5 Å². The van der Waals surface area contributed by atoms with Gasteiger partial charge in [-0.05, 0) is 35.9 Å². The van der Waals surface area contributed by atoms with Crippen LogP contribution in [0.25, 0.3) is 22.3 Å². The maximum atomic E-state index is 5.49. The fourth-order valence-electron chi connectivity index (χ4n) is 4.62. The highest BCUT2D eigenvalue weighted by molar-refractivity contribution is 5.93. The number of nitrogens with one attached hydrogen (secondary N) is 2. The average Bonchev–Trinajstić information content (AvgIpc) is 3.52. The van der Waals surface area contributed by atoms with Crippen molar-refractivity contribution in [2.75, 3.05) is 44.8 Å². The fraction of sp³-hybridized carbons (Fsp3) is 0.308. The molecular weight excluding hydrogens is 428 g/mol. The van der Waals surface area contributed by atoms with Gasteiger partial charge in [0, 0.05) is 50.2 Å². The lowest BCUT2D eigenvalue weighted by Crippen LogP contribution is -2.45. The van der Waals surface area contributed by atoms with Gasteiger partial charge in [-0.1, -0.05) is 31.2 Å². The molecule has 0 radical (unpaired) electrons. The molecule has 34 heavy (non-hydrogen) atoms. The molecule has 0 saturated carbocycles. The molecule has 8 heteroatoms. The molecule has 4 aromatic rings. The Morgan fingerprint density at radius 2 is 1.71 bits per heavy atom. The lowest BCUT2D eigenvalue weighted by atomic mass is 10.1. The van der Waals surface area contributed by atoms with Crippen molar-refractivity contribution < 1.29 is 9.47 Å². The fourth-order valence-corrected chi connectivity index (χ4v) is 4.62. The standard InChI is InChI=1S/C26H28N6O2/c1-2-31-9-11-32(12-10-31)15-18-3-5-19(6-4-18)22-14-21-25(27-16-28-26(21)30-22)29-20-7-8-23-24(13-20)34-17-33-23/h3-8,13-14,16H,2,9-12,15,17H2,1H3,(H2,27,28,29,30). The first kappa shape index (κ1) is 20.9. The van der Waals surface area contributed by atoms with Gasteiger partial charge < -0.3 is 24.7 Å². The summed E-state index contributed by atoms with van der Waals surface area (Å²) < 4.78 is 10.9. The minimum absolute atomic E-state index is 0.256. The average molecular weight is 457 g/mol. The lowest BCUT2D eigenvalue weighted by Gasteiger charge is -2.34. The van der Waals surface area contributed by atoms with Crippen molar-refractivity contribution in [3.63, 3.8) is 0 Å². The van der Waals surface area contributed by atoms with Crippen LogP contribution in [0, 0.1) is 0 Å². The van der Waals surface area contributed by atoms with Gasteiger partial charge >= 0.3 is 0 Å². The largest absolute Gasteiger partial charge is 0.454 e. The zero-order valence-corrected chi connectivity index (χ0v) is 19.3. The van der Waals surface area contributed by atoms with E-state index in [1.54, 1.807) is 6.33 Å². The second kappa shape index (κ2) is 8.96. The molecule has 8 nitrogen and oxygen atoms in total. The van der Waals surface area contributed by atoms with Crippen molar-refractivity contribution in [2.24, 2.45) is 0 Å². The highest BCUT2D eigenvalue weighted by Gasteiger charge is 2.17.